The maximum atomic E-state index is 5.73. The standard InChI is InChI=1S/C18H30N4O.HI/c1-4-19-18(22-12-9-17(10-13-22)23-5-2)20-11-8-16-7-6-15(3)21-14-16;/h6-7,14,17H,4-5,8-13H2,1-3H3,(H,19,20);1H. The lowest BCUT2D eigenvalue weighted by atomic mass is 10.1. The maximum absolute atomic E-state index is 5.73. The van der Waals surface area contributed by atoms with Crippen molar-refractivity contribution in [2.24, 2.45) is 4.99 Å². The molecule has 1 saturated heterocycles. The molecule has 0 spiro atoms. The van der Waals surface area contributed by atoms with Crippen molar-refractivity contribution in [3.8, 4) is 0 Å². The van der Waals surface area contributed by atoms with Gasteiger partial charge >= 0.3 is 0 Å². The van der Waals surface area contributed by atoms with Gasteiger partial charge in [0.2, 0.25) is 0 Å². The number of likely N-dealkylation sites (tertiary alicyclic amines) is 1. The van der Waals surface area contributed by atoms with Crippen molar-refractivity contribution >= 4 is 29.9 Å². The van der Waals surface area contributed by atoms with Crippen LogP contribution in [0.5, 0.6) is 0 Å². The Balaban J connectivity index is 0.00000288. The molecular weight excluding hydrogens is 415 g/mol. The number of rotatable bonds is 6. The SMILES string of the molecule is CCNC(=NCCc1ccc(C)nc1)N1CCC(OCC)CC1.I. The molecule has 0 bridgehead atoms. The third kappa shape index (κ3) is 6.93. The third-order valence-corrected chi connectivity index (χ3v) is 4.11. The van der Waals surface area contributed by atoms with Crippen LogP contribution in [0.3, 0.4) is 0 Å². The maximum Gasteiger partial charge on any atom is 0.193 e. The summed E-state index contributed by atoms with van der Waals surface area (Å²) in [5, 5.41) is 3.41. The van der Waals surface area contributed by atoms with E-state index in [-0.39, 0.29) is 24.0 Å². The summed E-state index contributed by atoms with van der Waals surface area (Å²) in [6, 6.07) is 4.20. The number of aromatic nitrogens is 1. The van der Waals surface area contributed by atoms with Gasteiger partial charge in [0.05, 0.1) is 6.10 Å². The predicted molar refractivity (Wildman–Crippen MR) is 110 cm³/mol. The lowest BCUT2D eigenvalue weighted by Gasteiger charge is -2.34. The molecule has 1 aliphatic rings. The summed E-state index contributed by atoms with van der Waals surface area (Å²) in [6.45, 7) is 10.7. The number of guanidine groups is 1. The number of pyridine rings is 1. The molecular formula is C18H31IN4O. The molecule has 1 aromatic heterocycles. The fourth-order valence-corrected chi connectivity index (χ4v) is 2.83. The first-order chi connectivity index (χ1) is 11.2. The first-order valence-electron chi connectivity index (χ1n) is 8.79. The highest BCUT2D eigenvalue weighted by Crippen LogP contribution is 2.13. The zero-order chi connectivity index (χ0) is 16.5. The van der Waals surface area contributed by atoms with Gasteiger partial charge in [0.1, 0.15) is 0 Å². The number of hydrogen-bond acceptors (Lipinski definition) is 3. The van der Waals surface area contributed by atoms with Crippen LogP contribution in [-0.4, -0.2) is 54.7 Å². The Morgan fingerprint density at radius 3 is 2.67 bits per heavy atom. The molecule has 0 saturated carbocycles. The van der Waals surface area contributed by atoms with Crippen molar-refractivity contribution in [2.75, 3.05) is 32.8 Å². The van der Waals surface area contributed by atoms with Gasteiger partial charge in [-0.2, -0.15) is 0 Å². The zero-order valence-electron chi connectivity index (χ0n) is 15.1. The van der Waals surface area contributed by atoms with Gasteiger partial charge in [-0.15, -0.1) is 24.0 Å². The van der Waals surface area contributed by atoms with E-state index in [1.54, 1.807) is 0 Å². The number of nitrogens with one attached hydrogen (secondary N) is 1. The zero-order valence-corrected chi connectivity index (χ0v) is 17.5. The minimum Gasteiger partial charge on any atom is -0.378 e. The van der Waals surface area contributed by atoms with Crippen LogP contribution in [0.15, 0.2) is 23.3 Å². The van der Waals surface area contributed by atoms with Gasteiger partial charge in [-0.3, -0.25) is 9.98 Å². The number of nitrogens with zero attached hydrogens (tertiary/aromatic N) is 3. The molecule has 136 valence electrons. The molecule has 2 rings (SSSR count). The topological polar surface area (TPSA) is 49.8 Å². The molecule has 1 fully saturated rings. The minimum absolute atomic E-state index is 0. The number of aliphatic imine (C=N–C) groups is 1. The van der Waals surface area contributed by atoms with Crippen LogP contribution in [-0.2, 0) is 11.2 Å². The van der Waals surface area contributed by atoms with E-state index >= 15 is 0 Å². The largest absolute Gasteiger partial charge is 0.378 e. The van der Waals surface area contributed by atoms with Crippen LogP contribution in [0, 0.1) is 6.92 Å². The third-order valence-electron chi connectivity index (χ3n) is 4.11. The summed E-state index contributed by atoms with van der Waals surface area (Å²) in [5.74, 6) is 1.03. The number of hydrogen-bond donors (Lipinski definition) is 1. The summed E-state index contributed by atoms with van der Waals surface area (Å²) in [7, 11) is 0. The van der Waals surface area contributed by atoms with Crippen LogP contribution in [0.2, 0.25) is 0 Å². The highest BCUT2D eigenvalue weighted by atomic mass is 127. The van der Waals surface area contributed by atoms with Crippen molar-refractivity contribution in [3.05, 3.63) is 29.6 Å². The number of halogens is 1. The van der Waals surface area contributed by atoms with Crippen molar-refractivity contribution in [1.29, 1.82) is 0 Å². The van der Waals surface area contributed by atoms with Crippen molar-refractivity contribution < 1.29 is 4.74 Å². The van der Waals surface area contributed by atoms with Crippen LogP contribution in [0.1, 0.15) is 37.9 Å². The molecule has 0 radical (unpaired) electrons. The molecule has 1 aromatic rings. The van der Waals surface area contributed by atoms with E-state index in [1.165, 1.54) is 5.56 Å². The fourth-order valence-electron chi connectivity index (χ4n) is 2.83. The van der Waals surface area contributed by atoms with E-state index in [2.05, 4.69) is 41.2 Å². The van der Waals surface area contributed by atoms with Gasteiger partial charge in [-0.25, -0.2) is 0 Å². The number of piperidine rings is 1. The highest BCUT2D eigenvalue weighted by Gasteiger charge is 2.21. The molecule has 24 heavy (non-hydrogen) atoms. The Labute approximate surface area is 163 Å². The Hall–Kier alpha value is -0.890. The van der Waals surface area contributed by atoms with Crippen molar-refractivity contribution in [2.45, 2.75) is 46.1 Å². The van der Waals surface area contributed by atoms with E-state index < -0.39 is 0 Å². The summed E-state index contributed by atoms with van der Waals surface area (Å²) < 4.78 is 5.73. The normalized spacial score (nSPS) is 16.0. The van der Waals surface area contributed by atoms with Gasteiger partial charge in [-0.1, -0.05) is 6.07 Å². The molecule has 5 nitrogen and oxygen atoms in total. The van der Waals surface area contributed by atoms with Crippen LogP contribution >= 0.6 is 24.0 Å². The van der Waals surface area contributed by atoms with Crippen LogP contribution in [0.4, 0.5) is 0 Å². The van der Waals surface area contributed by atoms with E-state index in [0.717, 1.165) is 63.7 Å². The lowest BCUT2D eigenvalue weighted by molar-refractivity contribution is 0.0264. The molecule has 1 N–H and O–H groups in total. The first-order valence-corrected chi connectivity index (χ1v) is 8.79. The fraction of sp³-hybridized carbons (Fsp3) is 0.667. The second kappa shape index (κ2) is 11.6. The monoisotopic (exact) mass is 446 g/mol. The minimum atomic E-state index is 0. The average molecular weight is 446 g/mol. The van der Waals surface area contributed by atoms with E-state index in [4.69, 9.17) is 9.73 Å². The number of ether oxygens (including phenoxy) is 1. The quantitative estimate of drug-likeness (QED) is 0.415. The van der Waals surface area contributed by atoms with Crippen LogP contribution < -0.4 is 5.32 Å². The van der Waals surface area contributed by atoms with Crippen molar-refractivity contribution in [3.63, 3.8) is 0 Å². The summed E-state index contributed by atoms with van der Waals surface area (Å²) >= 11 is 0. The predicted octanol–water partition coefficient (Wildman–Crippen LogP) is 3.02. The summed E-state index contributed by atoms with van der Waals surface area (Å²) in [5.41, 5.74) is 2.30. The molecule has 0 atom stereocenters. The van der Waals surface area contributed by atoms with Gasteiger partial charge < -0.3 is 15.0 Å². The molecule has 2 heterocycles. The molecule has 0 aromatic carbocycles. The van der Waals surface area contributed by atoms with Gasteiger partial charge in [-0.05, 0) is 51.7 Å². The average Bonchev–Trinajstić information content (AvgIpc) is 2.57. The Morgan fingerprint density at radius 2 is 2.08 bits per heavy atom. The Kier molecular flexibility index (Phi) is 10.2. The summed E-state index contributed by atoms with van der Waals surface area (Å²) in [4.78, 5) is 11.5. The van der Waals surface area contributed by atoms with E-state index in [9.17, 15) is 0 Å². The van der Waals surface area contributed by atoms with E-state index in [0.29, 0.717) is 6.10 Å². The van der Waals surface area contributed by atoms with Gasteiger partial charge in [0.15, 0.2) is 5.96 Å². The molecule has 0 amide bonds. The Morgan fingerprint density at radius 1 is 1.33 bits per heavy atom. The summed E-state index contributed by atoms with van der Waals surface area (Å²) in [6.07, 6.45) is 5.46. The van der Waals surface area contributed by atoms with Gasteiger partial charge in [0.25, 0.3) is 0 Å². The lowest BCUT2D eigenvalue weighted by Crippen LogP contribution is -2.47. The second-order valence-electron chi connectivity index (χ2n) is 5.94. The molecule has 0 unspecified atom stereocenters. The highest BCUT2D eigenvalue weighted by molar-refractivity contribution is 14.0. The molecule has 0 aliphatic carbocycles. The van der Waals surface area contributed by atoms with Crippen LogP contribution in [0.25, 0.3) is 0 Å². The van der Waals surface area contributed by atoms with Gasteiger partial charge in [0, 0.05) is 44.7 Å². The molecule has 6 heteroatoms. The smallest absolute Gasteiger partial charge is 0.193 e. The Bertz CT molecular complexity index is 484. The van der Waals surface area contributed by atoms with E-state index in [1.807, 2.05) is 13.1 Å². The van der Waals surface area contributed by atoms with Crippen molar-refractivity contribution in [1.82, 2.24) is 15.2 Å². The second-order valence-corrected chi connectivity index (χ2v) is 5.94. The number of aryl methyl sites for hydroxylation is 1. The molecule has 1 aliphatic heterocycles. The first kappa shape index (κ1) is 21.2.